The molecule has 3 heteroatoms. The number of hydrogen-bond acceptors (Lipinski definition) is 2. The van der Waals surface area contributed by atoms with E-state index in [1.54, 1.807) is 0 Å². The molecule has 0 amide bonds. The number of rotatable bonds is 0. The van der Waals surface area contributed by atoms with Gasteiger partial charge in [-0.1, -0.05) is 0 Å². The summed E-state index contributed by atoms with van der Waals surface area (Å²) in [4.78, 5) is 0. The van der Waals surface area contributed by atoms with E-state index in [9.17, 15) is 0 Å². The summed E-state index contributed by atoms with van der Waals surface area (Å²) in [7, 11) is 0. The largest absolute Gasteiger partial charge is 0.300 e. The van der Waals surface area contributed by atoms with Gasteiger partial charge in [-0.3, -0.25) is 0 Å². The van der Waals surface area contributed by atoms with Crippen molar-refractivity contribution in [3.63, 3.8) is 0 Å². The second-order valence-electron chi connectivity index (χ2n) is 3.05. The second kappa shape index (κ2) is 2.48. The van der Waals surface area contributed by atoms with Gasteiger partial charge in [-0.05, 0) is 20.8 Å². The summed E-state index contributed by atoms with van der Waals surface area (Å²) in [5, 5.41) is 0. The zero-order valence-corrected chi connectivity index (χ0v) is 6.94. The molecule has 2 nitrogen and oxygen atoms in total. The van der Waals surface area contributed by atoms with Crippen LogP contribution in [-0.2, 0) is 20.7 Å². The highest BCUT2D eigenvalue weighted by atomic mass is 32.2. The molecule has 0 saturated carbocycles. The van der Waals surface area contributed by atoms with Crippen molar-refractivity contribution in [1.29, 1.82) is 0 Å². The highest BCUT2D eigenvalue weighted by Gasteiger charge is 2.34. The Morgan fingerprint density at radius 3 is 2.56 bits per heavy atom. The van der Waals surface area contributed by atoms with E-state index in [1.165, 1.54) is 0 Å². The summed E-state index contributed by atoms with van der Waals surface area (Å²) in [5.74, 6) is 0. The van der Waals surface area contributed by atoms with Crippen molar-refractivity contribution in [3.05, 3.63) is 0 Å². The predicted molar refractivity (Wildman–Crippen MR) is 39.1 cm³/mol. The van der Waals surface area contributed by atoms with Gasteiger partial charge in [0, 0.05) is 6.42 Å². The van der Waals surface area contributed by atoms with E-state index >= 15 is 0 Å². The van der Waals surface area contributed by atoms with Crippen LogP contribution in [0.5, 0.6) is 0 Å². The van der Waals surface area contributed by atoms with Crippen LogP contribution in [0.15, 0.2) is 0 Å². The zero-order valence-electron chi connectivity index (χ0n) is 6.05. The van der Waals surface area contributed by atoms with Gasteiger partial charge in [0.05, 0.1) is 0 Å². The molecule has 0 aromatic carbocycles. The highest BCUT2D eigenvalue weighted by Crippen LogP contribution is 2.24. The summed E-state index contributed by atoms with van der Waals surface area (Å²) in [6.45, 7) is 6.23. The Kier molecular flexibility index (Phi) is 2.03. The average Bonchev–Trinajstić information content (AvgIpc) is 1.60. The molecule has 0 N–H and O–H groups in total. The number of hydrogen-bond donors (Lipinski definition) is 0. The first-order valence-corrected chi connectivity index (χ1v) is 3.87. The van der Waals surface area contributed by atoms with Crippen LogP contribution in [0.1, 0.15) is 27.2 Å². The Hall–Kier alpha value is 0.270. The van der Waals surface area contributed by atoms with Gasteiger partial charge in [-0.25, -0.2) is 0 Å². The molecule has 0 radical (unpaired) electrons. The van der Waals surface area contributed by atoms with Crippen LogP contribution < -0.4 is 0 Å². The van der Waals surface area contributed by atoms with Crippen LogP contribution >= 0.6 is 0 Å². The van der Waals surface area contributed by atoms with Crippen molar-refractivity contribution in [2.45, 2.75) is 38.9 Å². The molecule has 0 aromatic heterocycles. The van der Waals surface area contributed by atoms with Crippen molar-refractivity contribution >= 4 is 12.3 Å². The highest BCUT2D eigenvalue weighted by molar-refractivity contribution is 7.68. The van der Waals surface area contributed by atoms with Gasteiger partial charge in [0.25, 0.3) is 0 Å². The quantitative estimate of drug-likeness (QED) is 0.381. The maximum absolute atomic E-state index is 5.29. The van der Waals surface area contributed by atoms with Gasteiger partial charge >= 0.3 is 12.3 Å². The Morgan fingerprint density at radius 2 is 2.22 bits per heavy atom. The van der Waals surface area contributed by atoms with Gasteiger partial charge in [0.2, 0.25) is 0 Å². The lowest BCUT2D eigenvalue weighted by atomic mass is 10.0. The molecular weight excluding hydrogens is 136 g/mol. The van der Waals surface area contributed by atoms with E-state index in [0.717, 1.165) is 6.42 Å². The molecule has 1 aliphatic rings. The third kappa shape index (κ3) is 2.16. The van der Waals surface area contributed by atoms with Crippen molar-refractivity contribution in [1.82, 2.24) is 0 Å². The first-order valence-electron chi connectivity index (χ1n) is 3.14. The molecule has 1 aliphatic heterocycles. The lowest BCUT2D eigenvalue weighted by Crippen LogP contribution is -2.35. The maximum Gasteiger partial charge on any atom is 0.300 e. The molecule has 0 spiro atoms. The standard InChI is InChI=1S/C6H12O2S/c1-5-4-6(2,3)8-9-7-5/h5H,4H2,1-3H3/p+1. The Balaban J connectivity index is 2.41. The first-order chi connectivity index (χ1) is 4.10. The van der Waals surface area contributed by atoms with Crippen LogP contribution in [0.3, 0.4) is 0 Å². The summed E-state index contributed by atoms with van der Waals surface area (Å²) in [5.41, 5.74) is 0.0131. The Bertz CT molecular complexity index is 103. The summed E-state index contributed by atoms with van der Waals surface area (Å²) in [6, 6.07) is 0. The van der Waals surface area contributed by atoms with E-state index in [4.69, 9.17) is 8.37 Å². The van der Waals surface area contributed by atoms with Gasteiger partial charge in [-0.2, -0.15) is 0 Å². The van der Waals surface area contributed by atoms with E-state index in [1.807, 2.05) is 0 Å². The minimum Gasteiger partial charge on any atom is -0.139 e. The Morgan fingerprint density at radius 1 is 1.56 bits per heavy atom. The maximum atomic E-state index is 5.29. The van der Waals surface area contributed by atoms with Gasteiger partial charge in [-0.15, -0.1) is 8.37 Å². The zero-order chi connectivity index (χ0) is 6.91. The third-order valence-electron chi connectivity index (χ3n) is 1.29. The fourth-order valence-corrected chi connectivity index (χ4v) is 1.50. The molecule has 0 aromatic rings. The lowest BCUT2D eigenvalue weighted by molar-refractivity contribution is 0.0233. The Labute approximate surface area is 60.3 Å². The third-order valence-corrected chi connectivity index (χ3v) is 2.30. The van der Waals surface area contributed by atoms with Crippen LogP contribution in [0.25, 0.3) is 0 Å². The average molecular weight is 149 g/mol. The van der Waals surface area contributed by atoms with Gasteiger partial charge in [0.1, 0.15) is 11.7 Å². The summed E-state index contributed by atoms with van der Waals surface area (Å²) < 4.78 is 10.4. The molecule has 1 rings (SSSR count). The lowest BCUT2D eigenvalue weighted by Gasteiger charge is -2.24. The molecule has 0 aliphatic carbocycles. The first kappa shape index (κ1) is 7.38. The molecule has 9 heavy (non-hydrogen) atoms. The second-order valence-corrected chi connectivity index (χ2v) is 3.59. The summed E-state index contributed by atoms with van der Waals surface area (Å²) in [6.07, 6.45) is 1.33. The molecule has 1 heterocycles. The van der Waals surface area contributed by atoms with E-state index in [2.05, 4.69) is 20.8 Å². The topological polar surface area (TPSA) is 18.5 Å². The van der Waals surface area contributed by atoms with Crippen LogP contribution in [0, 0.1) is 0 Å². The molecule has 1 fully saturated rings. The molecule has 0 bridgehead atoms. The number of thiol groups is 1. The SMILES string of the molecule is CC1CC(C)(C)O[SH+]O1. The molecule has 1 atom stereocenters. The smallest absolute Gasteiger partial charge is 0.139 e. The van der Waals surface area contributed by atoms with E-state index < -0.39 is 0 Å². The van der Waals surface area contributed by atoms with Crippen molar-refractivity contribution in [3.8, 4) is 0 Å². The minimum atomic E-state index is 0.0131. The van der Waals surface area contributed by atoms with Crippen LogP contribution in [-0.4, -0.2) is 11.7 Å². The van der Waals surface area contributed by atoms with Crippen molar-refractivity contribution in [2.24, 2.45) is 0 Å². The monoisotopic (exact) mass is 149 g/mol. The molecule has 1 unspecified atom stereocenters. The van der Waals surface area contributed by atoms with E-state index in [0.29, 0.717) is 18.4 Å². The fraction of sp³-hybridized carbons (Fsp3) is 1.00. The minimum absolute atomic E-state index is 0.0131. The molecule has 1 saturated heterocycles. The van der Waals surface area contributed by atoms with Gasteiger partial charge < -0.3 is 0 Å². The molecule has 54 valence electrons. The van der Waals surface area contributed by atoms with Crippen molar-refractivity contribution < 1.29 is 8.37 Å². The molecular formula is C6H13O2S+. The van der Waals surface area contributed by atoms with Crippen LogP contribution in [0.4, 0.5) is 0 Å². The van der Waals surface area contributed by atoms with E-state index in [-0.39, 0.29) is 5.60 Å². The fourth-order valence-electron chi connectivity index (χ4n) is 0.963. The van der Waals surface area contributed by atoms with Crippen LogP contribution in [0.2, 0.25) is 0 Å². The summed E-state index contributed by atoms with van der Waals surface area (Å²) >= 11 is 0.672. The predicted octanol–water partition coefficient (Wildman–Crippen LogP) is 1.24. The normalized spacial score (nSPS) is 34.3. The van der Waals surface area contributed by atoms with Crippen molar-refractivity contribution in [2.75, 3.05) is 0 Å². The van der Waals surface area contributed by atoms with Gasteiger partial charge in [0.15, 0.2) is 0 Å².